The molecule has 0 amide bonds. The van der Waals surface area contributed by atoms with Gasteiger partial charge in [0.25, 0.3) is 0 Å². The highest BCUT2D eigenvalue weighted by Crippen LogP contribution is 2.04. The van der Waals surface area contributed by atoms with Crippen molar-refractivity contribution in [3.05, 3.63) is 60.3 Å². The molecule has 3 aromatic heterocycles. The maximum absolute atomic E-state index is 11.3. The van der Waals surface area contributed by atoms with E-state index < -0.39 is 0 Å². The Balaban J connectivity index is 0.000000221. The third-order valence-corrected chi connectivity index (χ3v) is 3.35. The highest BCUT2D eigenvalue weighted by molar-refractivity contribution is 5.72. The molecule has 28 heavy (non-hydrogen) atoms. The van der Waals surface area contributed by atoms with Gasteiger partial charge in [-0.25, -0.2) is 9.67 Å². The summed E-state index contributed by atoms with van der Waals surface area (Å²) in [6, 6.07) is 9.10. The number of hydrogen-bond donors (Lipinski definition) is 1. The molecule has 3 aromatic rings. The molecule has 9 nitrogen and oxygen atoms in total. The number of aromatic nitrogens is 5. The number of nitrogens with one attached hydrogen (secondary N) is 1. The molecule has 3 heterocycles. The van der Waals surface area contributed by atoms with E-state index in [9.17, 15) is 9.59 Å². The third-order valence-electron chi connectivity index (χ3n) is 3.35. The second kappa shape index (κ2) is 11.3. The Morgan fingerprint density at radius 3 is 2.29 bits per heavy atom. The summed E-state index contributed by atoms with van der Waals surface area (Å²) in [4.78, 5) is 26.3. The van der Waals surface area contributed by atoms with Crippen LogP contribution in [0.5, 0.6) is 0 Å². The summed E-state index contributed by atoms with van der Waals surface area (Å²) in [6.07, 6.45) is 5.58. The fourth-order valence-electron chi connectivity index (χ4n) is 2.18. The van der Waals surface area contributed by atoms with E-state index in [1.54, 1.807) is 49.3 Å². The lowest BCUT2D eigenvalue weighted by atomic mass is 10.3. The third kappa shape index (κ3) is 7.02. The molecular formula is C19H23N5O4. The maximum atomic E-state index is 11.3. The minimum Gasteiger partial charge on any atom is -0.466 e. The number of hydrogen-bond acceptors (Lipinski definition) is 7. The normalized spacial score (nSPS) is 9.93. The van der Waals surface area contributed by atoms with Crippen molar-refractivity contribution in [2.45, 2.75) is 26.7 Å². The quantitative estimate of drug-likeness (QED) is 0.618. The summed E-state index contributed by atoms with van der Waals surface area (Å²) in [6.45, 7) is 4.37. The fraction of sp³-hybridized carbons (Fsp3) is 0.316. The molecule has 0 saturated heterocycles. The second-order valence-corrected chi connectivity index (χ2v) is 5.47. The van der Waals surface area contributed by atoms with Gasteiger partial charge in [-0.2, -0.15) is 10.2 Å². The van der Waals surface area contributed by atoms with Gasteiger partial charge in [-0.3, -0.25) is 14.7 Å². The molecule has 0 spiro atoms. The molecule has 0 fully saturated rings. The largest absolute Gasteiger partial charge is 0.466 e. The number of esters is 2. The van der Waals surface area contributed by atoms with E-state index in [4.69, 9.17) is 9.47 Å². The van der Waals surface area contributed by atoms with E-state index in [1.807, 2.05) is 18.2 Å². The maximum Gasteiger partial charge on any atom is 0.311 e. The van der Waals surface area contributed by atoms with Gasteiger partial charge in [0.2, 0.25) is 0 Å². The van der Waals surface area contributed by atoms with Crippen molar-refractivity contribution < 1.29 is 19.1 Å². The van der Waals surface area contributed by atoms with Gasteiger partial charge in [0.15, 0.2) is 5.82 Å². The molecule has 0 aliphatic rings. The van der Waals surface area contributed by atoms with Gasteiger partial charge in [-0.05, 0) is 38.1 Å². The van der Waals surface area contributed by atoms with Crippen LogP contribution in [0.3, 0.4) is 0 Å². The van der Waals surface area contributed by atoms with Crippen LogP contribution in [0.4, 0.5) is 0 Å². The Bertz CT molecular complexity index is 846. The highest BCUT2D eigenvalue weighted by Gasteiger charge is 2.08. The van der Waals surface area contributed by atoms with Crippen LogP contribution in [-0.4, -0.2) is 50.1 Å². The number of pyridine rings is 1. The molecule has 1 N–H and O–H groups in total. The van der Waals surface area contributed by atoms with Gasteiger partial charge < -0.3 is 9.47 Å². The molecule has 3 rings (SSSR count). The molecule has 0 bridgehead atoms. The van der Waals surface area contributed by atoms with E-state index in [-0.39, 0.29) is 24.8 Å². The van der Waals surface area contributed by atoms with Crippen LogP contribution < -0.4 is 0 Å². The van der Waals surface area contributed by atoms with Crippen LogP contribution >= 0.6 is 0 Å². The number of ether oxygens (including phenoxy) is 2. The number of rotatable bonds is 7. The van der Waals surface area contributed by atoms with Crippen LogP contribution in [0.2, 0.25) is 0 Å². The van der Waals surface area contributed by atoms with Crippen LogP contribution in [0, 0.1) is 0 Å². The summed E-state index contributed by atoms with van der Waals surface area (Å²) in [7, 11) is 0. The first-order chi connectivity index (χ1) is 13.6. The second-order valence-electron chi connectivity index (χ2n) is 5.47. The molecular weight excluding hydrogens is 362 g/mol. The standard InChI is InChI=1S/C12H13N3O2.C7H10N2O2/c1-2-17-12(16)9-10-6-8-15(14-10)11-5-3-4-7-13-11;1-2-11-7(10)5-6-3-4-8-9-6/h3-8H,2,9H2,1H3;3-4H,2,5H2,1H3,(H,8,9). The summed E-state index contributed by atoms with van der Waals surface area (Å²) in [5, 5.41) is 10.7. The lowest BCUT2D eigenvalue weighted by Crippen LogP contribution is -2.08. The average molecular weight is 385 g/mol. The molecule has 148 valence electrons. The first kappa shape index (κ1) is 20.8. The van der Waals surface area contributed by atoms with Crippen LogP contribution in [-0.2, 0) is 31.9 Å². The van der Waals surface area contributed by atoms with E-state index in [2.05, 4.69) is 20.3 Å². The van der Waals surface area contributed by atoms with Crippen molar-refractivity contribution in [2.24, 2.45) is 0 Å². The first-order valence-corrected chi connectivity index (χ1v) is 8.88. The van der Waals surface area contributed by atoms with Crippen molar-refractivity contribution >= 4 is 11.9 Å². The molecule has 0 unspecified atom stereocenters. The summed E-state index contributed by atoms with van der Waals surface area (Å²) in [5.41, 5.74) is 1.39. The van der Waals surface area contributed by atoms with Crippen LogP contribution in [0.25, 0.3) is 5.82 Å². The Hall–Kier alpha value is -3.49. The highest BCUT2D eigenvalue weighted by atomic mass is 16.5. The smallest absolute Gasteiger partial charge is 0.311 e. The zero-order valence-electron chi connectivity index (χ0n) is 15.9. The number of aromatic amines is 1. The minimum absolute atomic E-state index is 0.188. The van der Waals surface area contributed by atoms with Crippen molar-refractivity contribution in [1.29, 1.82) is 0 Å². The SMILES string of the molecule is CCOC(=O)Cc1cc[nH]n1.CCOC(=O)Cc1ccn(-c2ccccn2)n1. The van der Waals surface area contributed by atoms with Crippen molar-refractivity contribution in [2.75, 3.05) is 13.2 Å². The lowest BCUT2D eigenvalue weighted by molar-refractivity contribution is -0.143. The topological polar surface area (TPSA) is 112 Å². The molecule has 0 aliphatic heterocycles. The lowest BCUT2D eigenvalue weighted by Gasteiger charge is -1.99. The minimum atomic E-state index is -0.265. The summed E-state index contributed by atoms with van der Waals surface area (Å²) in [5.74, 6) is 0.223. The van der Waals surface area contributed by atoms with Gasteiger partial charge in [0.1, 0.15) is 0 Å². The van der Waals surface area contributed by atoms with E-state index in [0.29, 0.717) is 24.6 Å². The Labute approximate surface area is 162 Å². The van der Waals surface area contributed by atoms with Crippen LogP contribution in [0.15, 0.2) is 48.9 Å². The van der Waals surface area contributed by atoms with Gasteiger partial charge in [0, 0.05) is 18.6 Å². The predicted octanol–water partition coefficient (Wildman–Crippen LogP) is 1.89. The first-order valence-electron chi connectivity index (χ1n) is 8.88. The molecule has 0 aliphatic carbocycles. The van der Waals surface area contributed by atoms with Crippen molar-refractivity contribution in [3.8, 4) is 5.82 Å². The molecule has 0 radical (unpaired) electrons. The Morgan fingerprint density at radius 1 is 1.00 bits per heavy atom. The molecule has 9 heteroatoms. The Morgan fingerprint density at radius 2 is 1.71 bits per heavy atom. The van der Waals surface area contributed by atoms with Crippen molar-refractivity contribution in [3.63, 3.8) is 0 Å². The predicted molar refractivity (Wildman–Crippen MR) is 101 cm³/mol. The molecule has 0 aromatic carbocycles. The molecule has 0 atom stereocenters. The van der Waals surface area contributed by atoms with E-state index in [1.165, 1.54) is 0 Å². The van der Waals surface area contributed by atoms with Gasteiger partial charge in [-0.15, -0.1) is 0 Å². The zero-order valence-corrected chi connectivity index (χ0v) is 15.9. The Kier molecular flexibility index (Phi) is 8.38. The average Bonchev–Trinajstić information content (AvgIpc) is 3.35. The number of H-pyrrole nitrogens is 1. The van der Waals surface area contributed by atoms with Crippen molar-refractivity contribution in [1.82, 2.24) is 25.0 Å². The fourth-order valence-corrected chi connectivity index (χ4v) is 2.18. The number of carbonyl (C=O) groups is 2. The summed E-state index contributed by atoms with van der Waals surface area (Å²) >= 11 is 0. The van der Waals surface area contributed by atoms with Gasteiger partial charge >= 0.3 is 11.9 Å². The number of carbonyl (C=O) groups excluding carboxylic acids is 2. The molecule has 0 saturated carbocycles. The van der Waals surface area contributed by atoms with Gasteiger partial charge in [0.05, 0.1) is 37.4 Å². The summed E-state index contributed by atoms with van der Waals surface area (Å²) < 4.78 is 11.2. The van der Waals surface area contributed by atoms with Crippen LogP contribution in [0.1, 0.15) is 25.2 Å². The zero-order chi connectivity index (χ0) is 20.2. The van der Waals surface area contributed by atoms with E-state index >= 15 is 0 Å². The number of nitrogens with zero attached hydrogens (tertiary/aromatic N) is 4. The van der Waals surface area contributed by atoms with E-state index in [0.717, 1.165) is 5.82 Å². The monoisotopic (exact) mass is 385 g/mol. The van der Waals surface area contributed by atoms with Gasteiger partial charge in [-0.1, -0.05) is 6.07 Å².